The highest BCUT2D eigenvalue weighted by atomic mass is 79.9. The van der Waals surface area contributed by atoms with Gasteiger partial charge in [0.25, 0.3) is 5.91 Å². The third-order valence-electron chi connectivity index (χ3n) is 4.82. The zero-order valence-electron chi connectivity index (χ0n) is 12.1. The monoisotopic (exact) mass is 339 g/mol. The van der Waals surface area contributed by atoms with E-state index in [0.717, 1.165) is 42.8 Å². The molecule has 3 atom stereocenters. The lowest BCUT2D eigenvalue weighted by Crippen LogP contribution is -2.40. The fourth-order valence-electron chi connectivity index (χ4n) is 3.84. The van der Waals surface area contributed by atoms with Crippen LogP contribution < -0.4 is 5.32 Å². The minimum Gasteiger partial charge on any atom is -0.343 e. The van der Waals surface area contributed by atoms with Crippen molar-refractivity contribution in [2.45, 2.75) is 32.9 Å². The molecule has 0 aromatic carbocycles. The van der Waals surface area contributed by atoms with Crippen molar-refractivity contribution >= 4 is 21.8 Å². The van der Waals surface area contributed by atoms with Gasteiger partial charge in [-0.05, 0) is 47.2 Å². The van der Waals surface area contributed by atoms with Gasteiger partial charge in [-0.15, -0.1) is 0 Å². The molecular formula is C15H22BrN3O. The van der Waals surface area contributed by atoms with E-state index in [0.29, 0.717) is 17.9 Å². The molecule has 1 aromatic rings. The summed E-state index contributed by atoms with van der Waals surface area (Å²) in [5, 5.41) is 3.46. The first-order valence-corrected chi connectivity index (χ1v) is 8.32. The van der Waals surface area contributed by atoms with Gasteiger partial charge >= 0.3 is 0 Å². The van der Waals surface area contributed by atoms with E-state index in [-0.39, 0.29) is 5.91 Å². The normalized spacial score (nSPS) is 28.9. The minimum absolute atomic E-state index is 0.193. The summed E-state index contributed by atoms with van der Waals surface area (Å²) in [6, 6.07) is 2.34. The van der Waals surface area contributed by atoms with Gasteiger partial charge in [0.15, 0.2) is 0 Å². The molecule has 1 N–H and O–H groups in total. The van der Waals surface area contributed by atoms with Gasteiger partial charge in [0, 0.05) is 42.9 Å². The van der Waals surface area contributed by atoms with Crippen molar-refractivity contribution in [2.75, 3.05) is 19.6 Å². The number of amides is 1. The zero-order valence-corrected chi connectivity index (χ0v) is 13.7. The fraction of sp³-hybridized carbons (Fsp3) is 0.667. The van der Waals surface area contributed by atoms with Crippen LogP contribution >= 0.6 is 15.9 Å². The number of likely N-dealkylation sites (tertiary alicyclic amines) is 1. The van der Waals surface area contributed by atoms with E-state index < -0.39 is 0 Å². The van der Waals surface area contributed by atoms with Crippen LogP contribution in [0.25, 0.3) is 0 Å². The molecular weight excluding hydrogens is 318 g/mol. The molecule has 1 aromatic heterocycles. The van der Waals surface area contributed by atoms with Crippen LogP contribution in [0.2, 0.25) is 0 Å². The van der Waals surface area contributed by atoms with Crippen LogP contribution in [0.1, 0.15) is 30.8 Å². The summed E-state index contributed by atoms with van der Waals surface area (Å²) in [6.07, 6.45) is 3.04. The first-order chi connectivity index (χ1) is 9.65. The Balaban J connectivity index is 1.86. The first kappa shape index (κ1) is 14.1. The van der Waals surface area contributed by atoms with E-state index in [9.17, 15) is 4.79 Å². The number of hydrogen-bond donors (Lipinski definition) is 1. The average molecular weight is 340 g/mol. The molecule has 110 valence electrons. The molecule has 0 spiro atoms. The molecule has 3 unspecified atom stereocenters. The standard InChI is InChI=1S/C15H22BrN3O/c1-3-13-12-7-17-6-10(12)8-19(13)15(20)14-5-11(16)9-18(14)4-2/h5,9-10,12-13,17H,3-4,6-8H2,1-2H3. The number of aryl methyl sites for hydroxylation is 1. The number of nitrogens with one attached hydrogen (secondary N) is 1. The second-order valence-electron chi connectivity index (χ2n) is 5.84. The Morgan fingerprint density at radius 1 is 1.45 bits per heavy atom. The maximum atomic E-state index is 12.9. The van der Waals surface area contributed by atoms with E-state index in [4.69, 9.17) is 0 Å². The number of carbonyl (C=O) groups is 1. The molecule has 20 heavy (non-hydrogen) atoms. The number of carbonyl (C=O) groups excluding carboxylic acids is 1. The summed E-state index contributed by atoms with van der Waals surface area (Å²) >= 11 is 3.48. The third kappa shape index (κ3) is 2.21. The van der Waals surface area contributed by atoms with Crippen molar-refractivity contribution in [3.8, 4) is 0 Å². The Morgan fingerprint density at radius 3 is 2.95 bits per heavy atom. The molecule has 3 heterocycles. The highest BCUT2D eigenvalue weighted by Gasteiger charge is 2.45. The fourth-order valence-corrected chi connectivity index (χ4v) is 4.31. The molecule has 4 nitrogen and oxygen atoms in total. The van der Waals surface area contributed by atoms with Crippen molar-refractivity contribution in [3.63, 3.8) is 0 Å². The van der Waals surface area contributed by atoms with Crippen LogP contribution in [0.4, 0.5) is 0 Å². The zero-order chi connectivity index (χ0) is 14.3. The number of rotatable bonds is 3. The number of aromatic nitrogens is 1. The summed E-state index contributed by atoms with van der Waals surface area (Å²) in [7, 11) is 0. The van der Waals surface area contributed by atoms with Gasteiger partial charge in [-0.1, -0.05) is 6.92 Å². The molecule has 5 heteroatoms. The molecule has 0 aliphatic carbocycles. The second kappa shape index (κ2) is 5.53. The van der Waals surface area contributed by atoms with Crippen LogP contribution in [0, 0.1) is 11.8 Å². The maximum absolute atomic E-state index is 12.9. The Hall–Kier alpha value is -0.810. The predicted molar refractivity (Wildman–Crippen MR) is 82.8 cm³/mol. The lowest BCUT2D eigenvalue weighted by atomic mass is 9.93. The second-order valence-corrected chi connectivity index (χ2v) is 6.76. The summed E-state index contributed by atoms with van der Waals surface area (Å²) in [5.41, 5.74) is 0.811. The van der Waals surface area contributed by atoms with Gasteiger partial charge in [0.05, 0.1) is 0 Å². The van der Waals surface area contributed by atoms with Crippen molar-refractivity contribution in [1.82, 2.24) is 14.8 Å². The Kier molecular flexibility index (Phi) is 3.91. The molecule has 0 saturated carbocycles. The van der Waals surface area contributed by atoms with Gasteiger partial charge in [-0.2, -0.15) is 0 Å². The molecule has 1 amide bonds. The lowest BCUT2D eigenvalue weighted by Gasteiger charge is -2.27. The molecule has 2 aliphatic rings. The van der Waals surface area contributed by atoms with Gasteiger partial charge in [-0.25, -0.2) is 0 Å². The van der Waals surface area contributed by atoms with Crippen molar-refractivity contribution in [3.05, 3.63) is 22.4 Å². The average Bonchev–Trinajstić information content (AvgIpc) is 3.10. The van der Waals surface area contributed by atoms with Crippen LogP contribution in [-0.2, 0) is 6.54 Å². The number of halogens is 1. The molecule has 0 radical (unpaired) electrons. The van der Waals surface area contributed by atoms with E-state index >= 15 is 0 Å². The first-order valence-electron chi connectivity index (χ1n) is 7.53. The van der Waals surface area contributed by atoms with Crippen LogP contribution in [0.5, 0.6) is 0 Å². The largest absolute Gasteiger partial charge is 0.343 e. The van der Waals surface area contributed by atoms with Crippen LogP contribution in [0.3, 0.4) is 0 Å². The Morgan fingerprint density at radius 2 is 2.25 bits per heavy atom. The summed E-state index contributed by atoms with van der Waals surface area (Å²) < 4.78 is 3.02. The van der Waals surface area contributed by atoms with Crippen LogP contribution in [-0.4, -0.2) is 41.1 Å². The number of fused-ring (bicyclic) bond motifs is 1. The van der Waals surface area contributed by atoms with Gasteiger partial charge < -0.3 is 14.8 Å². The molecule has 2 saturated heterocycles. The number of hydrogen-bond acceptors (Lipinski definition) is 2. The smallest absolute Gasteiger partial charge is 0.270 e. The quantitative estimate of drug-likeness (QED) is 0.917. The Bertz CT molecular complexity index is 513. The molecule has 2 aliphatic heterocycles. The molecule has 3 rings (SSSR count). The van der Waals surface area contributed by atoms with E-state index in [1.54, 1.807) is 0 Å². The summed E-state index contributed by atoms with van der Waals surface area (Å²) in [6.45, 7) is 8.12. The molecule has 0 bridgehead atoms. The summed E-state index contributed by atoms with van der Waals surface area (Å²) in [5.74, 6) is 1.47. The van der Waals surface area contributed by atoms with Crippen molar-refractivity contribution < 1.29 is 4.79 Å². The van der Waals surface area contributed by atoms with E-state index in [1.165, 1.54) is 0 Å². The minimum atomic E-state index is 0.193. The molecule has 2 fully saturated rings. The third-order valence-corrected chi connectivity index (χ3v) is 5.25. The highest BCUT2D eigenvalue weighted by Crippen LogP contribution is 2.35. The van der Waals surface area contributed by atoms with Gasteiger partial charge in [0.2, 0.25) is 0 Å². The topological polar surface area (TPSA) is 37.3 Å². The lowest BCUT2D eigenvalue weighted by molar-refractivity contribution is 0.0701. The van der Waals surface area contributed by atoms with Crippen LogP contribution in [0.15, 0.2) is 16.7 Å². The Labute approximate surface area is 128 Å². The predicted octanol–water partition coefficient (Wildman–Crippen LogP) is 2.34. The highest BCUT2D eigenvalue weighted by molar-refractivity contribution is 9.10. The van der Waals surface area contributed by atoms with Crippen molar-refractivity contribution in [2.24, 2.45) is 11.8 Å². The van der Waals surface area contributed by atoms with Crippen molar-refractivity contribution in [1.29, 1.82) is 0 Å². The maximum Gasteiger partial charge on any atom is 0.270 e. The van der Waals surface area contributed by atoms with Gasteiger partial charge in [0.1, 0.15) is 5.69 Å². The van der Waals surface area contributed by atoms with E-state index in [1.807, 2.05) is 16.8 Å². The SMILES string of the molecule is CCC1C2CNCC2CN1C(=O)c1cc(Br)cn1CC. The summed E-state index contributed by atoms with van der Waals surface area (Å²) in [4.78, 5) is 15.0. The van der Waals surface area contributed by atoms with Gasteiger partial charge in [-0.3, -0.25) is 4.79 Å². The number of nitrogens with zero attached hydrogens (tertiary/aromatic N) is 2. The van der Waals surface area contributed by atoms with E-state index in [2.05, 4.69) is 40.0 Å².